The third kappa shape index (κ3) is 5.33. The first kappa shape index (κ1) is 22.8. The molecule has 0 aliphatic rings. The topological polar surface area (TPSA) is 59.9 Å². The third-order valence-corrected chi connectivity index (χ3v) is 5.53. The molecule has 0 fully saturated rings. The normalized spacial score (nSPS) is 10.4. The number of rotatable bonds is 8. The highest BCUT2D eigenvalue weighted by molar-refractivity contribution is 6.13. The van der Waals surface area contributed by atoms with Crippen LogP contribution < -0.4 is 14.9 Å². The molecule has 4 aromatic carbocycles. The van der Waals surface area contributed by atoms with E-state index in [2.05, 4.69) is 10.5 Å². The molecule has 0 aliphatic carbocycles. The summed E-state index contributed by atoms with van der Waals surface area (Å²) in [6.07, 6.45) is 0. The second-order valence-electron chi connectivity index (χ2n) is 7.65. The van der Waals surface area contributed by atoms with Crippen LogP contribution in [-0.4, -0.2) is 25.8 Å². The van der Waals surface area contributed by atoms with Gasteiger partial charge in [-0.15, -0.1) is 0 Å². The van der Waals surface area contributed by atoms with Crippen molar-refractivity contribution in [3.8, 4) is 11.5 Å². The van der Waals surface area contributed by atoms with Gasteiger partial charge in [0.15, 0.2) is 0 Å². The molecule has 1 N–H and O–H groups in total. The zero-order valence-corrected chi connectivity index (χ0v) is 19.1. The van der Waals surface area contributed by atoms with E-state index in [1.54, 1.807) is 14.2 Å². The number of hydrazone groups is 1. The minimum atomic E-state index is -0.487. The molecule has 34 heavy (non-hydrogen) atoms. The number of carbonyl (C=O) groups excluding carboxylic acids is 1. The summed E-state index contributed by atoms with van der Waals surface area (Å²) in [5, 5.41) is 4.58. The molecule has 0 unspecified atom stereocenters. The second kappa shape index (κ2) is 11.0. The Morgan fingerprint density at radius 2 is 1.06 bits per heavy atom. The summed E-state index contributed by atoms with van der Waals surface area (Å²) in [6, 6.07) is 34.6. The van der Waals surface area contributed by atoms with Crippen LogP contribution in [-0.2, 0) is 4.79 Å². The van der Waals surface area contributed by atoms with Gasteiger partial charge in [0.05, 0.1) is 25.8 Å². The number of carbonyl (C=O) groups is 1. The van der Waals surface area contributed by atoms with E-state index in [1.165, 1.54) is 0 Å². The van der Waals surface area contributed by atoms with Gasteiger partial charge in [0.1, 0.15) is 11.5 Å². The zero-order chi connectivity index (χ0) is 23.8. The van der Waals surface area contributed by atoms with Gasteiger partial charge < -0.3 is 9.47 Å². The molecule has 0 saturated heterocycles. The summed E-state index contributed by atoms with van der Waals surface area (Å²) >= 11 is 0. The van der Waals surface area contributed by atoms with Crippen molar-refractivity contribution in [1.29, 1.82) is 0 Å². The average molecular weight is 451 g/mol. The molecule has 0 aliphatic heterocycles. The summed E-state index contributed by atoms with van der Waals surface area (Å²) in [5.41, 5.74) is 6.96. The van der Waals surface area contributed by atoms with Crippen LogP contribution in [0.5, 0.6) is 11.5 Å². The van der Waals surface area contributed by atoms with Gasteiger partial charge in [-0.2, -0.15) is 5.10 Å². The van der Waals surface area contributed by atoms with Gasteiger partial charge in [0.2, 0.25) is 0 Å². The Morgan fingerprint density at radius 1 is 0.647 bits per heavy atom. The first-order chi connectivity index (χ1) is 16.7. The number of ether oxygens (including phenoxy) is 2. The van der Waals surface area contributed by atoms with Crippen LogP contribution in [0.15, 0.2) is 114 Å². The second-order valence-corrected chi connectivity index (χ2v) is 7.65. The Kier molecular flexibility index (Phi) is 7.35. The van der Waals surface area contributed by atoms with Crippen molar-refractivity contribution in [2.45, 2.75) is 5.92 Å². The highest BCUT2D eigenvalue weighted by Gasteiger charge is 2.22. The lowest BCUT2D eigenvalue weighted by Crippen LogP contribution is -2.27. The van der Waals surface area contributed by atoms with E-state index < -0.39 is 5.92 Å². The number of hydrogen-bond donors (Lipinski definition) is 1. The quantitative estimate of drug-likeness (QED) is 0.289. The number of nitrogens with zero attached hydrogens (tertiary/aromatic N) is 1. The number of amides is 1. The summed E-state index contributed by atoms with van der Waals surface area (Å²) in [7, 11) is 3.25. The molecule has 4 rings (SSSR count). The largest absolute Gasteiger partial charge is 0.497 e. The Morgan fingerprint density at radius 3 is 1.44 bits per heavy atom. The van der Waals surface area contributed by atoms with Crippen molar-refractivity contribution in [2.24, 2.45) is 5.10 Å². The van der Waals surface area contributed by atoms with E-state index in [0.717, 1.165) is 33.8 Å². The van der Waals surface area contributed by atoms with Crippen LogP contribution in [0.1, 0.15) is 28.2 Å². The van der Waals surface area contributed by atoms with Crippen LogP contribution in [0.3, 0.4) is 0 Å². The molecule has 0 saturated carbocycles. The SMILES string of the molecule is COc1ccc(C(=NNC(=O)C(c2ccccc2)c2ccccc2)c2ccc(OC)cc2)cc1. The zero-order valence-electron chi connectivity index (χ0n) is 19.1. The summed E-state index contributed by atoms with van der Waals surface area (Å²) in [5.74, 6) is 0.793. The molecule has 5 heteroatoms. The number of hydrogen-bond acceptors (Lipinski definition) is 4. The molecule has 1 amide bonds. The summed E-state index contributed by atoms with van der Waals surface area (Å²) in [4.78, 5) is 13.5. The van der Waals surface area contributed by atoms with Gasteiger partial charge in [-0.3, -0.25) is 4.79 Å². The van der Waals surface area contributed by atoms with E-state index >= 15 is 0 Å². The molecule has 0 radical (unpaired) electrons. The van der Waals surface area contributed by atoms with Crippen LogP contribution >= 0.6 is 0 Å². The number of methoxy groups -OCH3 is 2. The van der Waals surface area contributed by atoms with Gasteiger partial charge in [0.25, 0.3) is 5.91 Å². The summed E-state index contributed by atoms with van der Waals surface area (Å²) < 4.78 is 10.6. The fraction of sp³-hybridized carbons (Fsp3) is 0.103. The van der Waals surface area contributed by atoms with Gasteiger partial charge in [-0.25, -0.2) is 5.43 Å². The summed E-state index contributed by atoms with van der Waals surface area (Å²) in [6.45, 7) is 0. The van der Waals surface area contributed by atoms with Gasteiger partial charge in [-0.1, -0.05) is 60.7 Å². The predicted molar refractivity (Wildman–Crippen MR) is 134 cm³/mol. The molecule has 5 nitrogen and oxygen atoms in total. The Labute approximate surface area is 199 Å². The van der Waals surface area contributed by atoms with E-state index in [4.69, 9.17) is 9.47 Å². The molecule has 0 aromatic heterocycles. The van der Waals surface area contributed by atoms with Crippen molar-refractivity contribution in [3.05, 3.63) is 131 Å². The van der Waals surface area contributed by atoms with Crippen molar-refractivity contribution in [1.82, 2.24) is 5.43 Å². The maximum absolute atomic E-state index is 13.5. The standard InChI is InChI=1S/C29H26N2O3/c1-33-25-17-13-23(14-18-25)28(24-15-19-26(34-2)20-16-24)30-31-29(32)27(21-9-5-3-6-10-21)22-11-7-4-8-12-22/h3-20,27H,1-2H3,(H,31,32). The van der Waals surface area contributed by atoms with E-state index in [9.17, 15) is 4.79 Å². The third-order valence-electron chi connectivity index (χ3n) is 5.53. The number of nitrogens with one attached hydrogen (secondary N) is 1. The highest BCUT2D eigenvalue weighted by Crippen LogP contribution is 2.25. The lowest BCUT2D eigenvalue weighted by atomic mass is 9.91. The van der Waals surface area contributed by atoms with Gasteiger partial charge >= 0.3 is 0 Å². The molecule has 170 valence electrons. The Bertz CT molecular complexity index is 1150. The van der Waals surface area contributed by atoms with Crippen LogP contribution in [0, 0.1) is 0 Å². The first-order valence-corrected chi connectivity index (χ1v) is 11.0. The maximum Gasteiger partial charge on any atom is 0.252 e. The smallest absolute Gasteiger partial charge is 0.252 e. The Balaban J connectivity index is 1.70. The molecular weight excluding hydrogens is 424 g/mol. The van der Waals surface area contributed by atoms with Crippen molar-refractivity contribution >= 4 is 11.6 Å². The molecule has 0 bridgehead atoms. The van der Waals surface area contributed by atoms with Gasteiger partial charge in [-0.05, 0) is 59.7 Å². The predicted octanol–water partition coefficient (Wildman–Crippen LogP) is 5.40. The minimum absolute atomic E-state index is 0.211. The fourth-order valence-corrected chi connectivity index (χ4v) is 3.76. The molecule has 0 spiro atoms. The average Bonchev–Trinajstić information content (AvgIpc) is 2.91. The van der Waals surface area contributed by atoms with E-state index in [0.29, 0.717) is 5.71 Å². The Hall–Kier alpha value is -4.38. The lowest BCUT2D eigenvalue weighted by molar-refractivity contribution is -0.121. The molecule has 0 heterocycles. The van der Waals surface area contributed by atoms with Crippen molar-refractivity contribution in [3.63, 3.8) is 0 Å². The maximum atomic E-state index is 13.5. The lowest BCUT2D eigenvalue weighted by Gasteiger charge is -2.17. The monoisotopic (exact) mass is 450 g/mol. The van der Waals surface area contributed by atoms with Crippen LogP contribution in [0.25, 0.3) is 0 Å². The minimum Gasteiger partial charge on any atom is -0.497 e. The van der Waals surface area contributed by atoms with Gasteiger partial charge in [0, 0.05) is 11.1 Å². The molecule has 0 atom stereocenters. The molecule has 4 aromatic rings. The highest BCUT2D eigenvalue weighted by atomic mass is 16.5. The van der Waals surface area contributed by atoms with E-state index in [1.807, 2.05) is 109 Å². The van der Waals surface area contributed by atoms with Crippen molar-refractivity contribution in [2.75, 3.05) is 14.2 Å². The van der Waals surface area contributed by atoms with E-state index in [-0.39, 0.29) is 5.91 Å². The van der Waals surface area contributed by atoms with Crippen LogP contribution in [0.4, 0.5) is 0 Å². The molecular formula is C29H26N2O3. The van der Waals surface area contributed by atoms with Crippen molar-refractivity contribution < 1.29 is 14.3 Å². The first-order valence-electron chi connectivity index (χ1n) is 11.0. The fourth-order valence-electron chi connectivity index (χ4n) is 3.76. The van der Waals surface area contributed by atoms with Crippen LogP contribution in [0.2, 0.25) is 0 Å². The number of benzene rings is 4.